The molecule has 140 valence electrons. The van der Waals surface area contributed by atoms with E-state index in [-0.39, 0.29) is 6.10 Å². The van der Waals surface area contributed by atoms with E-state index in [1.807, 2.05) is 18.2 Å². The molecule has 1 atom stereocenters. The number of hydrogen-bond donors (Lipinski definition) is 1. The van der Waals surface area contributed by atoms with Crippen LogP contribution in [0, 0.1) is 0 Å². The van der Waals surface area contributed by atoms with Gasteiger partial charge in [0.05, 0.1) is 11.5 Å². The SMILES string of the molecule is c1ccc(-c2csc3nc(-c4cccnc4)nc(NCC4CCCO4)c23)cc1. The lowest BCUT2D eigenvalue weighted by molar-refractivity contribution is 0.120. The minimum atomic E-state index is 0.241. The van der Waals surface area contributed by atoms with Gasteiger partial charge in [-0.2, -0.15) is 0 Å². The van der Waals surface area contributed by atoms with Crippen molar-refractivity contribution >= 4 is 27.4 Å². The Hall–Kier alpha value is -2.83. The predicted molar refractivity (Wildman–Crippen MR) is 114 cm³/mol. The molecule has 0 saturated carbocycles. The first-order valence-corrected chi connectivity index (χ1v) is 10.4. The van der Waals surface area contributed by atoms with Crippen molar-refractivity contribution in [3.05, 3.63) is 60.2 Å². The van der Waals surface area contributed by atoms with Gasteiger partial charge < -0.3 is 10.1 Å². The zero-order valence-electron chi connectivity index (χ0n) is 15.3. The van der Waals surface area contributed by atoms with Gasteiger partial charge in [0.2, 0.25) is 0 Å². The van der Waals surface area contributed by atoms with Gasteiger partial charge in [-0.05, 0) is 30.5 Å². The Labute approximate surface area is 167 Å². The van der Waals surface area contributed by atoms with Crippen LogP contribution in [0.4, 0.5) is 5.82 Å². The summed E-state index contributed by atoms with van der Waals surface area (Å²) in [5, 5.41) is 6.78. The third kappa shape index (κ3) is 3.37. The summed E-state index contributed by atoms with van der Waals surface area (Å²) in [5.74, 6) is 1.55. The fourth-order valence-corrected chi connectivity index (χ4v) is 4.49. The van der Waals surface area contributed by atoms with Gasteiger partial charge in [0, 0.05) is 42.1 Å². The minimum absolute atomic E-state index is 0.241. The quantitative estimate of drug-likeness (QED) is 0.521. The summed E-state index contributed by atoms with van der Waals surface area (Å²) in [7, 11) is 0. The maximum Gasteiger partial charge on any atom is 0.164 e. The summed E-state index contributed by atoms with van der Waals surface area (Å²) in [6.07, 6.45) is 6.02. The second-order valence-corrected chi connectivity index (χ2v) is 7.71. The van der Waals surface area contributed by atoms with E-state index in [1.54, 1.807) is 23.7 Å². The molecule has 4 heterocycles. The fourth-order valence-electron chi connectivity index (χ4n) is 3.54. The van der Waals surface area contributed by atoms with Crippen molar-refractivity contribution in [1.82, 2.24) is 15.0 Å². The zero-order chi connectivity index (χ0) is 18.8. The second-order valence-electron chi connectivity index (χ2n) is 6.85. The minimum Gasteiger partial charge on any atom is -0.376 e. The van der Waals surface area contributed by atoms with Crippen LogP contribution in [0.2, 0.25) is 0 Å². The molecule has 28 heavy (non-hydrogen) atoms. The van der Waals surface area contributed by atoms with Crippen LogP contribution in [0.5, 0.6) is 0 Å². The summed E-state index contributed by atoms with van der Waals surface area (Å²) in [6.45, 7) is 1.60. The van der Waals surface area contributed by atoms with E-state index in [2.05, 4.69) is 39.9 Å². The third-order valence-electron chi connectivity index (χ3n) is 4.96. The van der Waals surface area contributed by atoms with Crippen LogP contribution >= 0.6 is 11.3 Å². The average molecular weight is 388 g/mol. The van der Waals surface area contributed by atoms with Crippen molar-refractivity contribution in [2.45, 2.75) is 18.9 Å². The van der Waals surface area contributed by atoms with Gasteiger partial charge in [0.15, 0.2) is 5.82 Å². The highest BCUT2D eigenvalue weighted by Gasteiger charge is 2.19. The Morgan fingerprint density at radius 1 is 1.07 bits per heavy atom. The number of rotatable bonds is 5. The molecule has 0 bridgehead atoms. The summed E-state index contributed by atoms with van der Waals surface area (Å²) in [6, 6.07) is 14.3. The number of nitrogens with zero attached hydrogens (tertiary/aromatic N) is 3. The molecule has 1 aliphatic rings. The van der Waals surface area contributed by atoms with Gasteiger partial charge in [-0.3, -0.25) is 4.98 Å². The van der Waals surface area contributed by atoms with E-state index in [9.17, 15) is 0 Å². The molecule has 0 radical (unpaired) electrons. The van der Waals surface area contributed by atoms with Crippen LogP contribution in [0.3, 0.4) is 0 Å². The third-order valence-corrected chi connectivity index (χ3v) is 5.83. The van der Waals surface area contributed by atoms with Crippen LogP contribution in [0.25, 0.3) is 32.7 Å². The molecule has 1 fully saturated rings. The molecule has 0 aliphatic carbocycles. The number of thiophene rings is 1. The number of aromatic nitrogens is 3. The normalized spacial score (nSPS) is 16.5. The molecule has 6 heteroatoms. The number of hydrogen-bond acceptors (Lipinski definition) is 6. The van der Waals surface area contributed by atoms with Gasteiger partial charge in [0.25, 0.3) is 0 Å². The maximum atomic E-state index is 5.78. The van der Waals surface area contributed by atoms with E-state index in [0.29, 0.717) is 5.82 Å². The zero-order valence-corrected chi connectivity index (χ0v) is 16.2. The van der Waals surface area contributed by atoms with Gasteiger partial charge in [0.1, 0.15) is 10.6 Å². The van der Waals surface area contributed by atoms with Crippen LogP contribution < -0.4 is 5.32 Å². The molecule has 4 aromatic rings. The number of benzene rings is 1. The lowest BCUT2D eigenvalue weighted by Crippen LogP contribution is -2.19. The average Bonchev–Trinajstić information content (AvgIpc) is 3.43. The van der Waals surface area contributed by atoms with Crippen molar-refractivity contribution in [2.75, 3.05) is 18.5 Å². The van der Waals surface area contributed by atoms with Crippen molar-refractivity contribution in [3.63, 3.8) is 0 Å². The number of anilines is 1. The molecular weight excluding hydrogens is 368 g/mol. The first kappa shape index (κ1) is 17.3. The van der Waals surface area contributed by atoms with E-state index >= 15 is 0 Å². The Morgan fingerprint density at radius 3 is 2.75 bits per heavy atom. The Kier molecular flexibility index (Phi) is 4.72. The molecule has 1 aromatic carbocycles. The standard InChI is InChI=1S/C22H20N4OS/c1-2-6-15(7-3-1)18-14-28-22-19(18)21(24-13-17-9-5-11-27-17)25-20(26-22)16-8-4-10-23-12-16/h1-4,6-8,10,12,14,17H,5,9,11,13H2,(H,24,25,26). The molecule has 1 saturated heterocycles. The predicted octanol–water partition coefficient (Wildman–Crippen LogP) is 5.01. The monoisotopic (exact) mass is 388 g/mol. The maximum absolute atomic E-state index is 5.78. The van der Waals surface area contributed by atoms with Crippen LogP contribution in [0.1, 0.15) is 12.8 Å². The van der Waals surface area contributed by atoms with Crippen LogP contribution in [-0.4, -0.2) is 34.2 Å². The first-order valence-electron chi connectivity index (χ1n) is 9.49. The number of ether oxygens (including phenoxy) is 1. The molecule has 5 nitrogen and oxygen atoms in total. The Balaban J connectivity index is 1.61. The van der Waals surface area contributed by atoms with Gasteiger partial charge in [-0.1, -0.05) is 30.3 Å². The lowest BCUT2D eigenvalue weighted by atomic mass is 10.1. The largest absolute Gasteiger partial charge is 0.376 e. The first-order chi connectivity index (χ1) is 13.9. The van der Waals surface area contributed by atoms with Crippen LogP contribution in [-0.2, 0) is 4.74 Å². The van der Waals surface area contributed by atoms with Gasteiger partial charge in [-0.25, -0.2) is 9.97 Å². The number of fused-ring (bicyclic) bond motifs is 1. The smallest absolute Gasteiger partial charge is 0.164 e. The van der Waals surface area contributed by atoms with E-state index in [1.165, 1.54) is 5.56 Å². The van der Waals surface area contributed by atoms with Crippen molar-refractivity contribution < 1.29 is 4.74 Å². The molecule has 1 N–H and O–H groups in total. The van der Waals surface area contributed by atoms with E-state index in [0.717, 1.165) is 53.2 Å². The van der Waals surface area contributed by atoms with Crippen LogP contribution in [0.15, 0.2) is 60.2 Å². The number of pyridine rings is 1. The Morgan fingerprint density at radius 2 is 1.96 bits per heavy atom. The molecular formula is C22H20N4OS. The summed E-state index contributed by atoms with van der Waals surface area (Å²) < 4.78 is 5.78. The van der Waals surface area contributed by atoms with Crippen molar-refractivity contribution in [2.24, 2.45) is 0 Å². The highest BCUT2D eigenvalue weighted by Crippen LogP contribution is 2.38. The van der Waals surface area contributed by atoms with Crippen molar-refractivity contribution in [3.8, 4) is 22.5 Å². The van der Waals surface area contributed by atoms with Crippen molar-refractivity contribution in [1.29, 1.82) is 0 Å². The Bertz CT molecular complexity index is 1080. The number of nitrogens with one attached hydrogen (secondary N) is 1. The molecule has 1 aliphatic heterocycles. The second kappa shape index (κ2) is 7.66. The summed E-state index contributed by atoms with van der Waals surface area (Å²) in [4.78, 5) is 14.9. The molecule has 1 unspecified atom stereocenters. The fraction of sp³-hybridized carbons (Fsp3) is 0.227. The van der Waals surface area contributed by atoms with Gasteiger partial charge >= 0.3 is 0 Å². The molecule has 0 amide bonds. The topological polar surface area (TPSA) is 59.9 Å². The highest BCUT2D eigenvalue weighted by molar-refractivity contribution is 7.17. The molecule has 5 rings (SSSR count). The molecule has 0 spiro atoms. The lowest BCUT2D eigenvalue weighted by Gasteiger charge is -2.14. The van der Waals surface area contributed by atoms with E-state index in [4.69, 9.17) is 14.7 Å². The molecule has 3 aromatic heterocycles. The summed E-state index contributed by atoms with van der Waals surface area (Å²) >= 11 is 1.65. The summed E-state index contributed by atoms with van der Waals surface area (Å²) in [5.41, 5.74) is 3.25. The van der Waals surface area contributed by atoms with Gasteiger partial charge in [-0.15, -0.1) is 11.3 Å². The highest BCUT2D eigenvalue weighted by atomic mass is 32.1. The van der Waals surface area contributed by atoms with E-state index < -0.39 is 0 Å².